The third-order valence-electron chi connectivity index (χ3n) is 3.14. The zero-order chi connectivity index (χ0) is 13.2. The van der Waals surface area contributed by atoms with E-state index in [0.717, 1.165) is 34.9 Å². The van der Waals surface area contributed by atoms with Gasteiger partial charge in [-0.1, -0.05) is 0 Å². The normalized spacial score (nSPS) is 12.9. The van der Waals surface area contributed by atoms with E-state index < -0.39 is 0 Å². The van der Waals surface area contributed by atoms with Crippen molar-refractivity contribution in [3.8, 4) is 0 Å². The standard InChI is InChI=1S/C14H15N3OS/c1-9-8-19-13(17-9)7-16-14(18)11-2-3-12-10(6-11)4-5-15-12/h2-3,6,8,15H,4-5,7H2,1H3,(H,16,18). The summed E-state index contributed by atoms with van der Waals surface area (Å²) in [6, 6.07) is 5.81. The minimum Gasteiger partial charge on any atom is -0.384 e. The van der Waals surface area contributed by atoms with Crippen LogP contribution in [0.5, 0.6) is 0 Å². The van der Waals surface area contributed by atoms with Crippen molar-refractivity contribution in [3.63, 3.8) is 0 Å². The predicted octanol–water partition coefficient (Wildman–Crippen LogP) is 2.35. The Bertz CT molecular complexity index is 621. The molecule has 2 aromatic rings. The first-order chi connectivity index (χ1) is 9.22. The Balaban J connectivity index is 1.67. The number of fused-ring (bicyclic) bond motifs is 1. The number of anilines is 1. The quantitative estimate of drug-likeness (QED) is 0.902. The van der Waals surface area contributed by atoms with Crippen molar-refractivity contribution in [1.29, 1.82) is 0 Å². The number of carbonyl (C=O) groups is 1. The largest absolute Gasteiger partial charge is 0.384 e. The smallest absolute Gasteiger partial charge is 0.251 e. The summed E-state index contributed by atoms with van der Waals surface area (Å²) >= 11 is 1.57. The second-order valence-electron chi connectivity index (χ2n) is 4.61. The van der Waals surface area contributed by atoms with Gasteiger partial charge >= 0.3 is 0 Å². The van der Waals surface area contributed by atoms with Gasteiger partial charge in [0.15, 0.2) is 0 Å². The average molecular weight is 273 g/mol. The van der Waals surface area contributed by atoms with E-state index in [2.05, 4.69) is 15.6 Å². The molecule has 0 saturated carbocycles. The molecule has 0 atom stereocenters. The van der Waals surface area contributed by atoms with Gasteiger partial charge in [-0.2, -0.15) is 0 Å². The fourth-order valence-electron chi connectivity index (χ4n) is 2.19. The Morgan fingerprint density at radius 3 is 3.21 bits per heavy atom. The molecule has 0 bridgehead atoms. The number of hydrogen-bond donors (Lipinski definition) is 2. The number of benzene rings is 1. The van der Waals surface area contributed by atoms with Crippen molar-refractivity contribution in [2.75, 3.05) is 11.9 Å². The van der Waals surface area contributed by atoms with Gasteiger partial charge < -0.3 is 10.6 Å². The van der Waals surface area contributed by atoms with Gasteiger partial charge in [0.2, 0.25) is 0 Å². The maximum atomic E-state index is 12.1. The van der Waals surface area contributed by atoms with Gasteiger partial charge in [-0.05, 0) is 37.1 Å². The molecule has 1 aliphatic heterocycles. The summed E-state index contributed by atoms with van der Waals surface area (Å²) < 4.78 is 0. The van der Waals surface area contributed by atoms with Gasteiger partial charge in [0.25, 0.3) is 5.91 Å². The fraction of sp³-hybridized carbons (Fsp3) is 0.286. The minimum absolute atomic E-state index is 0.0393. The monoisotopic (exact) mass is 273 g/mol. The number of nitrogens with zero attached hydrogens (tertiary/aromatic N) is 1. The number of carbonyl (C=O) groups excluding carboxylic acids is 1. The molecule has 1 aromatic heterocycles. The maximum Gasteiger partial charge on any atom is 0.251 e. The zero-order valence-corrected chi connectivity index (χ0v) is 11.5. The molecule has 5 heteroatoms. The summed E-state index contributed by atoms with van der Waals surface area (Å²) in [6.45, 7) is 3.40. The van der Waals surface area contributed by atoms with Crippen LogP contribution in [0.3, 0.4) is 0 Å². The lowest BCUT2D eigenvalue weighted by Crippen LogP contribution is -2.22. The van der Waals surface area contributed by atoms with Crippen LogP contribution in [0.4, 0.5) is 5.69 Å². The molecule has 98 valence electrons. The Labute approximate surface area is 115 Å². The van der Waals surface area contributed by atoms with Crippen molar-refractivity contribution in [1.82, 2.24) is 10.3 Å². The Morgan fingerprint density at radius 1 is 1.53 bits per heavy atom. The van der Waals surface area contributed by atoms with Crippen LogP contribution >= 0.6 is 11.3 Å². The molecule has 3 rings (SSSR count). The van der Waals surface area contributed by atoms with E-state index in [4.69, 9.17) is 0 Å². The minimum atomic E-state index is -0.0393. The van der Waals surface area contributed by atoms with Crippen LogP contribution in [0.2, 0.25) is 0 Å². The van der Waals surface area contributed by atoms with Crippen molar-refractivity contribution in [2.45, 2.75) is 19.9 Å². The van der Waals surface area contributed by atoms with Crippen LogP contribution in [-0.4, -0.2) is 17.4 Å². The molecule has 0 saturated heterocycles. The van der Waals surface area contributed by atoms with Crippen LogP contribution in [-0.2, 0) is 13.0 Å². The lowest BCUT2D eigenvalue weighted by atomic mass is 10.1. The van der Waals surface area contributed by atoms with E-state index in [1.807, 2.05) is 30.5 Å². The van der Waals surface area contributed by atoms with Crippen molar-refractivity contribution >= 4 is 22.9 Å². The zero-order valence-electron chi connectivity index (χ0n) is 10.7. The SMILES string of the molecule is Cc1csc(CNC(=O)c2ccc3c(c2)CCN3)n1. The highest BCUT2D eigenvalue weighted by Crippen LogP contribution is 2.23. The average Bonchev–Trinajstić information content (AvgIpc) is 3.03. The van der Waals surface area contributed by atoms with Crippen LogP contribution in [0, 0.1) is 6.92 Å². The maximum absolute atomic E-state index is 12.1. The second kappa shape index (κ2) is 5.01. The lowest BCUT2D eigenvalue weighted by Gasteiger charge is -2.05. The number of amides is 1. The van der Waals surface area contributed by atoms with E-state index in [-0.39, 0.29) is 5.91 Å². The van der Waals surface area contributed by atoms with Crippen LogP contribution in [0.15, 0.2) is 23.6 Å². The van der Waals surface area contributed by atoms with E-state index in [1.165, 1.54) is 5.56 Å². The van der Waals surface area contributed by atoms with Gasteiger partial charge in [-0.3, -0.25) is 4.79 Å². The molecular formula is C14H15N3OS. The van der Waals surface area contributed by atoms with Crippen molar-refractivity contribution < 1.29 is 4.79 Å². The van der Waals surface area contributed by atoms with Crippen molar-refractivity contribution in [3.05, 3.63) is 45.4 Å². The molecule has 1 amide bonds. The molecule has 19 heavy (non-hydrogen) atoms. The van der Waals surface area contributed by atoms with E-state index in [0.29, 0.717) is 6.54 Å². The summed E-state index contributed by atoms with van der Waals surface area (Å²) in [6.07, 6.45) is 0.988. The highest BCUT2D eigenvalue weighted by Gasteiger charge is 2.13. The summed E-state index contributed by atoms with van der Waals surface area (Å²) in [4.78, 5) is 16.4. The fourth-order valence-corrected chi connectivity index (χ4v) is 2.90. The summed E-state index contributed by atoms with van der Waals surface area (Å²) in [5, 5.41) is 9.12. The van der Waals surface area contributed by atoms with Crippen LogP contribution in [0.25, 0.3) is 0 Å². The molecule has 0 spiro atoms. The van der Waals surface area contributed by atoms with Gasteiger partial charge in [-0.15, -0.1) is 11.3 Å². The van der Waals surface area contributed by atoms with E-state index in [1.54, 1.807) is 11.3 Å². The molecule has 0 aliphatic carbocycles. The highest BCUT2D eigenvalue weighted by atomic mass is 32.1. The first-order valence-electron chi connectivity index (χ1n) is 6.28. The first-order valence-corrected chi connectivity index (χ1v) is 7.16. The first kappa shape index (κ1) is 12.2. The predicted molar refractivity (Wildman–Crippen MR) is 76.7 cm³/mol. The molecule has 0 unspecified atom stereocenters. The molecule has 2 N–H and O–H groups in total. The number of rotatable bonds is 3. The summed E-state index contributed by atoms with van der Waals surface area (Å²) in [5.41, 5.74) is 4.08. The molecule has 4 nitrogen and oxygen atoms in total. The molecule has 0 radical (unpaired) electrons. The molecule has 0 fully saturated rings. The molecule has 2 heterocycles. The van der Waals surface area contributed by atoms with E-state index >= 15 is 0 Å². The third-order valence-corrected chi connectivity index (χ3v) is 4.11. The second-order valence-corrected chi connectivity index (χ2v) is 5.56. The number of nitrogens with one attached hydrogen (secondary N) is 2. The molecule has 1 aliphatic rings. The lowest BCUT2D eigenvalue weighted by molar-refractivity contribution is 0.0951. The topological polar surface area (TPSA) is 54.0 Å². The summed E-state index contributed by atoms with van der Waals surface area (Å²) in [7, 11) is 0. The van der Waals surface area contributed by atoms with Gasteiger partial charge in [0, 0.05) is 28.9 Å². The number of hydrogen-bond acceptors (Lipinski definition) is 4. The van der Waals surface area contributed by atoms with Crippen molar-refractivity contribution in [2.24, 2.45) is 0 Å². The van der Waals surface area contributed by atoms with Crippen LogP contribution in [0.1, 0.15) is 26.6 Å². The van der Waals surface area contributed by atoms with Gasteiger partial charge in [-0.25, -0.2) is 4.98 Å². The molecule has 1 aromatic carbocycles. The van der Waals surface area contributed by atoms with Crippen LogP contribution < -0.4 is 10.6 Å². The number of aromatic nitrogens is 1. The Hall–Kier alpha value is -1.88. The van der Waals surface area contributed by atoms with E-state index in [9.17, 15) is 4.79 Å². The Morgan fingerprint density at radius 2 is 2.42 bits per heavy atom. The number of thiazole rings is 1. The highest BCUT2D eigenvalue weighted by molar-refractivity contribution is 7.09. The number of aryl methyl sites for hydroxylation is 1. The van der Waals surface area contributed by atoms with Gasteiger partial charge in [0.05, 0.1) is 6.54 Å². The summed E-state index contributed by atoms with van der Waals surface area (Å²) in [5.74, 6) is -0.0393. The molecular weight excluding hydrogens is 258 g/mol. The third kappa shape index (κ3) is 2.61. The Kier molecular flexibility index (Phi) is 3.21. The van der Waals surface area contributed by atoms with Gasteiger partial charge in [0.1, 0.15) is 5.01 Å².